The molecular weight excluding hydrogens is 238 g/mol. The summed E-state index contributed by atoms with van der Waals surface area (Å²) in [5.74, 6) is -0.897. The molecule has 0 unspecified atom stereocenters. The lowest BCUT2D eigenvalue weighted by Gasteiger charge is -2.24. The first-order chi connectivity index (χ1) is 8.41. The smallest absolute Gasteiger partial charge is 0.161 e. The highest BCUT2D eigenvalue weighted by atomic mass is 19.2. The molecule has 0 aliphatic carbocycles. The molecule has 1 aromatic rings. The lowest BCUT2D eigenvalue weighted by molar-refractivity contribution is -0.187. The van der Waals surface area contributed by atoms with Gasteiger partial charge in [-0.1, -0.05) is 19.1 Å². The van der Waals surface area contributed by atoms with Crippen LogP contribution in [0, 0.1) is 31.4 Å². The molecule has 0 amide bonds. The van der Waals surface area contributed by atoms with Crippen LogP contribution in [0.2, 0.25) is 0 Å². The monoisotopic (exact) mass is 258 g/mol. The van der Waals surface area contributed by atoms with Crippen molar-refractivity contribution in [3.63, 3.8) is 0 Å². The molecule has 2 rings (SSSR count). The average molecular weight is 258 g/mol. The van der Waals surface area contributed by atoms with Crippen LogP contribution in [0.1, 0.15) is 25.0 Å². The molecule has 2 nitrogen and oxygen atoms in total. The Hall–Kier alpha value is -1.00. The van der Waals surface area contributed by atoms with E-state index in [1.165, 1.54) is 13.8 Å². The minimum Gasteiger partial charge on any atom is -0.353 e. The summed E-state index contributed by atoms with van der Waals surface area (Å²) in [6.07, 6.45) is 0.0196. The maximum absolute atomic E-state index is 12.6. The van der Waals surface area contributed by atoms with Crippen molar-refractivity contribution < 1.29 is 18.3 Å². The van der Waals surface area contributed by atoms with E-state index in [0.717, 1.165) is 13.2 Å². The molecule has 0 N–H and O–H groups in total. The first-order valence-electron chi connectivity index (χ1n) is 6.06. The van der Waals surface area contributed by atoms with Crippen molar-refractivity contribution in [2.75, 3.05) is 13.2 Å². The highest BCUT2D eigenvalue weighted by molar-refractivity contribution is 5.23. The summed E-state index contributed by atoms with van der Waals surface area (Å²) in [7, 11) is 0. The van der Waals surface area contributed by atoms with Gasteiger partial charge in [0, 0.05) is 5.92 Å². The Kier molecular flexibility index (Phi) is 5.69. The highest BCUT2D eigenvalue weighted by Gasteiger charge is 2.13. The van der Waals surface area contributed by atoms with E-state index in [9.17, 15) is 8.78 Å². The van der Waals surface area contributed by atoms with Gasteiger partial charge in [0.25, 0.3) is 0 Å². The minimum absolute atomic E-state index is 0.0196. The molecule has 4 heteroatoms. The van der Waals surface area contributed by atoms with Crippen LogP contribution in [-0.2, 0) is 9.47 Å². The van der Waals surface area contributed by atoms with E-state index in [1.807, 2.05) is 6.92 Å². The minimum atomic E-state index is -0.736. The molecule has 1 aromatic carbocycles. The Balaban J connectivity index is 0.000000184. The molecule has 18 heavy (non-hydrogen) atoms. The molecule has 1 aliphatic heterocycles. The fourth-order valence-corrected chi connectivity index (χ4v) is 1.44. The first kappa shape index (κ1) is 15.1. The van der Waals surface area contributed by atoms with Gasteiger partial charge in [-0.3, -0.25) is 0 Å². The van der Waals surface area contributed by atoms with Crippen LogP contribution in [0.25, 0.3) is 0 Å². The molecule has 1 aliphatic rings. The average Bonchev–Trinajstić information content (AvgIpc) is 2.36. The highest BCUT2D eigenvalue weighted by Crippen LogP contribution is 2.13. The number of rotatable bonds is 0. The Morgan fingerprint density at radius 1 is 0.944 bits per heavy atom. The zero-order valence-electron chi connectivity index (χ0n) is 11.3. The van der Waals surface area contributed by atoms with Crippen LogP contribution in [0.4, 0.5) is 8.78 Å². The standard InChI is InChI=1S/C8H8F2.C6H12O2/c1-5-3-4-6(2)8(10)7(5)9;1-5-3-7-6(2)8-4-5/h3-4H,1-2H3;5-6H,3-4H2,1-2H3. The lowest BCUT2D eigenvalue weighted by Crippen LogP contribution is -2.27. The van der Waals surface area contributed by atoms with Crippen LogP contribution in [-0.4, -0.2) is 19.5 Å². The Bertz CT molecular complexity index is 349. The van der Waals surface area contributed by atoms with E-state index in [2.05, 4.69) is 6.92 Å². The molecule has 1 fully saturated rings. The summed E-state index contributed by atoms with van der Waals surface area (Å²) in [4.78, 5) is 0. The third-order valence-electron chi connectivity index (χ3n) is 2.70. The van der Waals surface area contributed by atoms with Gasteiger partial charge in [0.2, 0.25) is 0 Å². The predicted molar refractivity (Wildman–Crippen MR) is 66.4 cm³/mol. The molecule has 102 valence electrons. The first-order valence-corrected chi connectivity index (χ1v) is 6.06. The van der Waals surface area contributed by atoms with Gasteiger partial charge in [0.15, 0.2) is 17.9 Å². The van der Waals surface area contributed by atoms with Gasteiger partial charge in [-0.15, -0.1) is 0 Å². The van der Waals surface area contributed by atoms with Crippen LogP contribution in [0.3, 0.4) is 0 Å². The quantitative estimate of drug-likeness (QED) is 0.708. The van der Waals surface area contributed by atoms with Gasteiger partial charge in [0.1, 0.15) is 0 Å². The van der Waals surface area contributed by atoms with Gasteiger partial charge in [-0.2, -0.15) is 0 Å². The summed E-state index contributed by atoms with van der Waals surface area (Å²) in [6.45, 7) is 8.82. The summed E-state index contributed by atoms with van der Waals surface area (Å²) < 4.78 is 35.6. The Labute approximate surface area is 107 Å². The van der Waals surface area contributed by atoms with Crippen molar-refractivity contribution in [3.05, 3.63) is 34.9 Å². The van der Waals surface area contributed by atoms with Crippen LogP contribution in [0.15, 0.2) is 12.1 Å². The number of hydrogen-bond acceptors (Lipinski definition) is 2. The second kappa shape index (κ2) is 6.81. The molecule has 1 heterocycles. The number of aryl methyl sites for hydroxylation is 2. The zero-order chi connectivity index (χ0) is 13.7. The van der Waals surface area contributed by atoms with E-state index in [4.69, 9.17) is 9.47 Å². The van der Waals surface area contributed by atoms with Gasteiger partial charge in [-0.05, 0) is 31.9 Å². The molecule has 1 saturated heterocycles. The summed E-state index contributed by atoms with van der Waals surface area (Å²) in [6, 6.07) is 3.13. The van der Waals surface area contributed by atoms with Gasteiger partial charge >= 0.3 is 0 Å². The number of ether oxygens (including phenoxy) is 2. The van der Waals surface area contributed by atoms with E-state index < -0.39 is 11.6 Å². The number of benzene rings is 1. The predicted octanol–water partition coefficient (Wildman–Crippen LogP) is 3.60. The van der Waals surface area contributed by atoms with Crippen molar-refractivity contribution in [2.45, 2.75) is 34.0 Å². The lowest BCUT2D eigenvalue weighted by atomic mass is 10.1. The maximum atomic E-state index is 12.6. The fourth-order valence-electron chi connectivity index (χ4n) is 1.44. The molecule has 0 spiro atoms. The third kappa shape index (κ3) is 4.35. The van der Waals surface area contributed by atoms with Crippen molar-refractivity contribution in [1.82, 2.24) is 0 Å². The van der Waals surface area contributed by atoms with E-state index >= 15 is 0 Å². The summed E-state index contributed by atoms with van der Waals surface area (Å²) >= 11 is 0. The normalized spacial score (nSPS) is 23.2. The van der Waals surface area contributed by atoms with E-state index in [1.54, 1.807) is 12.1 Å². The van der Waals surface area contributed by atoms with Crippen LogP contribution < -0.4 is 0 Å². The maximum Gasteiger partial charge on any atom is 0.161 e. The van der Waals surface area contributed by atoms with Crippen LogP contribution >= 0.6 is 0 Å². The molecule has 0 saturated carbocycles. The number of halogens is 2. The SMILES string of the molecule is CC1COC(C)OC1.Cc1ccc(C)c(F)c1F. The Morgan fingerprint density at radius 3 is 1.67 bits per heavy atom. The second-order valence-corrected chi connectivity index (χ2v) is 4.67. The topological polar surface area (TPSA) is 18.5 Å². The number of hydrogen-bond donors (Lipinski definition) is 0. The second-order valence-electron chi connectivity index (χ2n) is 4.67. The molecular formula is C14H20F2O2. The van der Waals surface area contributed by atoms with Gasteiger partial charge in [0.05, 0.1) is 13.2 Å². The van der Waals surface area contributed by atoms with E-state index in [-0.39, 0.29) is 6.29 Å². The van der Waals surface area contributed by atoms with Crippen molar-refractivity contribution in [3.8, 4) is 0 Å². The molecule has 0 aromatic heterocycles. The largest absolute Gasteiger partial charge is 0.353 e. The summed E-state index contributed by atoms with van der Waals surface area (Å²) in [5.41, 5.74) is 0.700. The summed E-state index contributed by atoms with van der Waals surface area (Å²) in [5, 5.41) is 0. The molecule has 0 atom stereocenters. The van der Waals surface area contributed by atoms with Crippen LogP contribution in [0.5, 0.6) is 0 Å². The molecule has 0 bridgehead atoms. The zero-order valence-corrected chi connectivity index (χ0v) is 11.3. The van der Waals surface area contributed by atoms with E-state index in [0.29, 0.717) is 17.0 Å². The Morgan fingerprint density at radius 2 is 1.33 bits per heavy atom. The fraction of sp³-hybridized carbons (Fsp3) is 0.571. The van der Waals surface area contributed by atoms with Gasteiger partial charge in [-0.25, -0.2) is 8.78 Å². The van der Waals surface area contributed by atoms with Crippen molar-refractivity contribution in [1.29, 1.82) is 0 Å². The van der Waals surface area contributed by atoms with Crippen molar-refractivity contribution >= 4 is 0 Å². The van der Waals surface area contributed by atoms with Gasteiger partial charge < -0.3 is 9.47 Å². The third-order valence-corrected chi connectivity index (χ3v) is 2.70. The van der Waals surface area contributed by atoms with Crippen molar-refractivity contribution in [2.24, 2.45) is 5.92 Å². The molecule has 0 radical (unpaired) electrons.